The van der Waals surface area contributed by atoms with E-state index in [0.717, 1.165) is 5.92 Å². The molecule has 0 aromatic heterocycles. The Morgan fingerprint density at radius 1 is 1.50 bits per heavy atom. The Bertz CT molecular complexity index is 215. The van der Waals surface area contributed by atoms with Gasteiger partial charge in [-0.15, -0.1) is 12.6 Å². The molecule has 0 aromatic rings. The average Bonchev–Trinajstić information content (AvgIpc) is 2.21. The summed E-state index contributed by atoms with van der Waals surface area (Å²) in [7, 11) is 0. The number of rotatable bonds is 5. The van der Waals surface area contributed by atoms with Crippen molar-refractivity contribution < 1.29 is 0 Å². The molecule has 1 heteroatoms. The van der Waals surface area contributed by atoms with E-state index >= 15 is 0 Å². The van der Waals surface area contributed by atoms with Crippen molar-refractivity contribution in [3.05, 3.63) is 23.1 Å². The van der Waals surface area contributed by atoms with Gasteiger partial charge in [-0.05, 0) is 29.6 Å². The normalized spacial score (nSPS) is 23.4. The van der Waals surface area contributed by atoms with Crippen LogP contribution in [0.4, 0.5) is 0 Å². The Hall–Kier alpha value is -0.170. The maximum atomic E-state index is 4.58. The van der Waals surface area contributed by atoms with Crippen LogP contribution in [0.3, 0.4) is 0 Å². The second-order valence-corrected chi connectivity index (χ2v) is 4.69. The fourth-order valence-corrected chi connectivity index (χ4v) is 2.63. The molecule has 0 heterocycles. The van der Waals surface area contributed by atoms with Gasteiger partial charge < -0.3 is 0 Å². The standard InChI is InChI=1S/C13H22S/c1-3-5-8-11(4-2)12-9-6-7-10-13(12)14/h6-7,10-12,14H,3-5,8-9H2,1-2H3. The van der Waals surface area contributed by atoms with Gasteiger partial charge in [0.15, 0.2) is 0 Å². The summed E-state index contributed by atoms with van der Waals surface area (Å²) in [5.41, 5.74) is 0. The lowest BCUT2D eigenvalue weighted by Gasteiger charge is -2.27. The van der Waals surface area contributed by atoms with Gasteiger partial charge in [-0.25, -0.2) is 0 Å². The van der Waals surface area contributed by atoms with Gasteiger partial charge in [0, 0.05) is 0 Å². The molecular formula is C13H22S. The van der Waals surface area contributed by atoms with Crippen molar-refractivity contribution in [2.45, 2.75) is 46.0 Å². The van der Waals surface area contributed by atoms with Crippen molar-refractivity contribution in [1.82, 2.24) is 0 Å². The molecule has 0 bridgehead atoms. The summed E-state index contributed by atoms with van der Waals surface area (Å²) >= 11 is 4.58. The molecule has 2 atom stereocenters. The van der Waals surface area contributed by atoms with Crippen LogP contribution in [0.5, 0.6) is 0 Å². The molecule has 14 heavy (non-hydrogen) atoms. The number of allylic oxidation sites excluding steroid dienone is 4. The summed E-state index contributed by atoms with van der Waals surface area (Å²) in [4.78, 5) is 1.29. The maximum absolute atomic E-state index is 4.58. The SMILES string of the molecule is CCCCC(CC)C1CC=CC=C1S. The second kappa shape index (κ2) is 6.34. The lowest BCUT2D eigenvalue weighted by Crippen LogP contribution is -2.15. The van der Waals surface area contributed by atoms with E-state index in [9.17, 15) is 0 Å². The van der Waals surface area contributed by atoms with Crippen LogP contribution >= 0.6 is 12.6 Å². The topological polar surface area (TPSA) is 0 Å². The summed E-state index contributed by atoms with van der Waals surface area (Å²) in [6, 6.07) is 0. The highest BCUT2D eigenvalue weighted by molar-refractivity contribution is 7.84. The third kappa shape index (κ3) is 3.20. The van der Waals surface area contributed by atoms with E-state index in [-0.39, 0.29) is 0 Å². The molecule has 0 fully saturated rings. The van der Waals surface area contributed by atoms with Gasteiger partial charge in [0.2, 0.25) is 0 Å². The Labute approximate surface area is 93.9 Å². The van der Waals surface area contributed by atoms with Gasteiger partial charge in [0.1, 0.15) is 0 Å². The van der Waals surface area contributed by atoms with Gasteiger partial charge in [-0.3, -0.25) is 0 Å². The molecule has 0 N–H and O–H groups in total. The van der Waals surface area contributed by atoms with E-state index in [4.69, 9.17) is 0 Å². The molecule has 0 spiro atoms. The lowest BCUT2D eigenvalue weighted by molar-refractivity contribution is 0.344. The van der Waals surface area contributed by atoms with Crippen molar-refractivity contribution in [2.24, 2.45) is 11.8 Å². The number of hydrogen-bond acceptors (Lipinski definition) is 1. The molecule has 0 aliphatic heterocycles. The Morgan fingerprint density at radius 2 is 2.29 bits per heavy atom. The minimum absolute atomic E-state index is 0.694. The van der Waals surface area contributed by atoms with Crippen molar-refractivity contribution in [3.63, 3.8) is 0 Å². The third-order valence-electron chi connectivity index (χ3n) is 3.19. The zero-order chi connectivity index (χ0) is 10.4. The van der Waals surface area contributed by atoms with Crippen molar-refractivity contribution >= 4 is 12.6 Å². The van der Waals surface area contributed by atoms with Gasteiger partial charge in [-0.2, -0.15) is 0 Å². The van der Waals surface area contributed by atoms with Gasteiger partial charge >= 0.3 is 0 Å². The summed E-state index contributed by atoms with van der Waals surface area (Å²) in [6.07, 6.45) is 13.1. The first kappa shape index (κ1) is 11.9. The molecule has 2 unspecified atom stereocenters. The van der Waals surface area contributed by atoms with Gasteiger partial charge in [0.25, 0.3) is 0 Å². The molecule has 0 aromatic carbocycles. The Morgan fingerprint density at radius 3 is 2.86 bits per heavy atom. The Balaban J connectivity index is 2.51. The summed E-state index contributed by atoms with van der Waals surface area (Å²) in [5.74, 6) is 1.53. The fraction of sp³-hybridized carbons (Fsp3) is 0.692. The molecule has 0 nitrogen and oxygen atoms in total. The molecule has 1 rings (SSSR count). The molecule has 80 valence electrons. The van der Waals surface area contributed by atoms with E-state index in [1.165, 1.54) is 37.0 Å². The Kier molecular flexibility index (Phi) is 5.39. The summed E-state index contributed by atoms with van der Waals surface area (Å²) < 4.78 is 0. The molecular weight excluding hydrogens is 188 g/mol. The quantitative estimate of drug-likeness (QED) is 0.630. The van der Waals surface area contributed by atoms with Crippen LogP contribution in [0.2, 0.25) is 0 Å². The molecule has 0 saturated heterocycles. The number of hydrogen-bond donors (Lipinski definition) is 1. The van der Waals surface area contributed by atoms with Gasteiger partial charge in [-0.1, -0.05) is 51.3 Å². The van der Waals surface area contributed by atoms with E-state index in [1.807, 2.05) is 0 Å². The monoisotopic (exact) mass is 210 g/mol. The van der Waals surface area contributed by atoms with Crippen molar-refractivity contribution in [2.75, 3.05) is 0 Å². The van der Waals surface area contributed by atoms with Crippen LogP contribution in [0.1, 0.15) is 46.0 Å². The van der Waals surface area contributed by atoms with Crippen LogP contribution in [0.15, 0.2) is 23.1 Å². The second-order valence-electron chi connectivity index (χ2n) is 4.17. The maximum Gasteiger partial charge on any atom is -0.00416 e. The summed E-state index contributed by atoms with van der Waals surface area (Å²) in [5, 5.41) is 0. The molecule has 0 saturated carbocycles. The average molecular weight is 210 g/mol. The zero-order valence-corrected chi connectivity index (χ0v) is 10.3. The molecule has 1 aliphatic rings. The van der Waals surface area contributed by atoms with E-state index in [0.29, 0.717) is 5.92 Å². The van der Waals surface area contributed by atoms with Crippen LogP contribution in [-0.4, -0.2) is 0 Å². The molecule has 1 aliphatic carbocycles. The minimum Gasteiger partial charge on any atom is -0.148 e. The van der Waals surface area contributed by atoms with E-state index < -0.39 is 0 Å². The number of thiol groups is 1. The first-order valence-corrected chi connectivity index (χ1v) is 6.30. The highest BCUT2D eigenvalue weighted by Crippen LogP contribution is 2.34. The summed E-state index contributed by atoms with van der Waals surface area (Å²) in [6.45, 7) is 4.57. The highest BCUT2D eigenvalue weighted by atomic mass is 32.1. The van der Waals surface area contributed by atoms with Crippen molar-refractivity contribution in [1.29, 1.82) is 0 Å². The van der Waals surface area contributed by atoms with E-state index in [2.05, 4.69) is 44.7 Å². The predicted octanol–water partition coefficient (Wildman–Crippen LogP) is 4.59. The first-order chi connectivity index (χ1) is 6.79. The van der Waals surface area contributed by atoms with Crippen LogP contribution in [0.25, 0.3) is 0 Å². The highest BCUT2D eigenvalue weighted by Gasteiger charge is 2.21. The smallest absolute Gasteiger partial charge is 0.00416 e. The van der Waals surface area contributed by atoms with Crippen LogP contribution in [-0.2, 0) is 0 Å². The lowest BCUT2D eigenvalue weighted by atomic mass is 9.82. The zero-order valence-electron chi connectivity index (χ0n) is 9.37. The van der Waals surface area contributed by atoms with Crippen molar-refractivity contribution in [3.8, 4) is 0 Å². The minimum atomic E-state index is 0.694. The van der Waals surface area contributed by atoms with Crippen LogP contribution < -0.4 is 0 Å². The van der Waals surface area contributed by atoms with E-state index in [1.54, 1.807) is 0 Å². The molecule has 0 amide bonds. The van der Waals surface area contributed by atoms with Crippen LogP contribution in [0, 0.1) is 11.8 Å². The third-order valence-corrected chi connectivity index (χ3v) is 3.68. The first-order valence-electron chi connectivity index (χ1n) is 5.85. The number of unbranched alkanes of at least 4 members (excludes halogenated alkanes) is 1. The predicted molar refractivity (Wildman–Crippen MR) is 67.6 cm³/mol. The largest absolute Gasteiger partial charge is 0.148 e. The fourth-order valence-electron chi connectivity index (χ4n) is 2.23. The molecule has 0 radical (unpaired) electrons. The van der Waals surface area contributed by atoms with Gasteiger partial charge in [0.05, 0.1) is 0 Å².